The minimum absolute atomic E-state index is 0.575. The zero-order valence-electron chi connectivity index (χ0n) is 15.5. The highest BCUT2D eigenvalue weighted by Crippen LogP contribution is 2.31. The first-order chi connectivity index (χ1) is 13.6. The molecule has 8 unspecified atom stereocenters. The van der Waals surface area contributed by atoms with Gasteiger partial charge in [-0.1, -0.05) is 10.6 Å². The molecule has 10 atom stereocenters. The van der Waals surface area contributed by atoms with Crippen LogP contribution in [0.1, 0.15) is 13.8 Å². The second-order valence-corrected chi connectivity index (χ2v) is 7.27. The molecule has 0 spiro atoms. The van der Waals surface area contributed by atoms with E-state index in [1.807, 2.05) is 0 Å². The topological polar surface area (TPSA) is 196 Å². The standard InChI is InChI=1S/C15H25IN2O11/c1-4-8(21)10(23)15(27-11(4)14(25)29-18-16)28-12-7(17-5(2)20)13(24)26-6(3-19)9(12)22/h4,6-13,15,18-19,21-24H,3H2,1-2H3,(H,17,20)/t4?,6?,7?,8?,9?,10?,11?,12?,13-,15+/m1/s1. The Hall–Kier alpha value is -0.690. The van der Waals surface area contributed by atoms with Crippen LogP contribution in [0.25, 0.3) is 0 Å². The number of ether oxygens (including phenoxy) is 3. The maximum absolute atomic E-state index is 12.1. The lowest BCUT2D eigenvalue weighted by Crippen LogP contribution is -2.67. The van der Waals surface area contributed by atoms with Gasteiger partial charge in [0, 0.05) is 12.8 Å². The van der Waals surface area contributed by atoms with E-state index in [-0.39, 0.29) is 0 Å². The van der Waals surface area contributed by atoms with Gasteiger partial charge in [0.2, 0.25) is 5.91 Å². The first-order valence-corrected chi connectivity index (χ1v) is 9.83. The number of amides is 1. The predicted molar refractivity (Wildman–Crippen MR) is 99.5 cm³/mol. The maximum atomic E-state index is 12.1. The molecule has 2 heterocycles. The zero-order chi connectivity index (χ0) is 21.9. The molecule has 7 N–H and O–H groups in total. The van der Waals surface area contributed by atoms with Crippen LogP contribution in [0.5, 0.6) is 0 Å². The molecule has 0 aromatic heterocycles. The van der Waals surface area contributed by atoms with Gasteiger partial charge >= 0.3 is 5.97 Å². The van der Waals surface area contributed by atoms with E-state index >= 15 is 0 Å². The molecule has 2 saturated heterocycles. The fraction of sp³-hybridized carbons (Fsp3) is 0.867. The first-order valence-electron chi connectivity index (χ1n) is 8.75. The fourth-order valence-electron chi connectivity index (χ4n) is 3.27. The van der Waals surface area contributed by atoms with Crippen molar-refractivity contribution in [3.05, 3.63) is 0 Å². The highest BCUT2D eigenvalue weighted by Gasteiger charge is 2.51. The van der Waals surface area contributed by atoms with Crippen molar-refractivity contribution in [2.45, 2.75) is 69.1 Å². The third-order valence-electron chi connectivity index (χ3n) is 4.83. The molecule has 0 saturated carbocycles. The van der Waals surface area contributed by atoms with E-state index in [1.165, 1.54) is 6.92 Å². The molecule has 13 nitrogen and oxygen atoms in total. The number of carbonyl (C=O) groups excluding carboxylic acids is 2. The van der Waals surface area contributed by atoms with Gasteiger partial charge in [-0.25, -0.2) is 4.79 Å². The van der Waals surface area contributed by atoms with Gasteiger partial charge in [-0.2, -0.15) is 0 Å². The molecule has 29 heavy (non-hydrogen) atoms. The second kappa shape index (κ2) is 10.6. The first kappa shape index (κ1) is 24.6. The van der Waals surface area contributed by atoms with Crippen LogP contribution in [0.3, 0.4) is 0 Å². The summed E-state index contributed by atoms with van der Waals surface area (Å²) in [7, 11) is 0. The molecule has 2 aliphatic rings. The van der Waals surface area contributed by atoms with Gasteiger partial charge in [-0.05, 0) is 0 Å². The molecule has 1 amide bonds. The number of rotatable bonds is 6. The number of hydrogen-bond acceptors (Lipinski definition) is 12. The van der Waals surface area contributed by atoms with Crippen molar-refractivity contribution in [1.29, 1.82) is 0 Å². The van der Waals surface area contributed by atoms with Gasteiger partial charge in [0.1, 0.15) is 30.5 Å². The van der Waals surface area contributed by atoms with Crippen LogP contribution in [0, 0.1) is 5.92 Å². The molecule has 0 radical (unpaired) electrons. The highest BCUT2D eigenvalue weighted by molar-refractivity contribution is 14.1. The summed E-state index contributed by atoms with van der Waals surface area (Å²) in [5.41, 5.74) is 0. The summed E-state index contributed by atoms with van der Waals surface area (Å²) >= 11 is 1.56. The van der Waals surface area contributed by atoms with Crippen LogP contribution in [-0.2, 0) is 28.6 Å². The van der Waals surface area contributed by atoms with Crippen molar-refractivity contribution < 1.29 is 54.2 Å². The third-order valence-corrected chi connectivity index (χ3v) is 5.05. The number of hydrogen-bond donors (Lipinski definition) is 7. The van der Waals surface area contributed by atoms with Crippen molar-refractivity contribution in [3.8, 4) is 0 Å². The van der Waals surface area contributed by atoms with E-state index in [0.29, 0.717) is 0 Å². The van der Waals surface area contributed by atoms with E-state index in [4.69, 9.17) is 14.2 Å². The van der Waals surface area contributed by atoms with Crippen LogP contribution in [0.4, 0.5) is 0 Å². The molecule has 2 rings (SSSR count). The van der Waals surface area contributed by atoms with Crippen molar-refractivity contribution in [3.63, 3.8) is 0 Å². The van der Waals surface area contributed by atoms with Crippen molar-refractivity contribution in [1.82, 2.24) is 9.01 Å². The van der Waals surface area contributed by atoms with E-state index in [9.17, 15) is 35.1 Å². The van der Waals surface area contributed by atoms with E-state index < -0.39 is 79.6 Å². The average Bonchev–Trinajstić information content (AvgIpc) is 2.66. The number of aliphatic hydroxyl groups excluding tert-OH is 5. The zero-order valence-corrected chi connectivity index (χ0v) is 17.7. The Morgan fingerprint density at radius 1 is 1.10 bits per heavy atom. The SMILES string of the molecule is CC(=O)NC1C(O[C@@H]2OC(C(=O)ONI)C(C)C(O)C2O)C(O)C(CO)O[C@H]1O. The van der Waals surface area contributed by atoms with E-state index in [0.717, 1.165) is 6.92 Å². The molecule has 0 bridgehead atoms. The molecule has 0 aromatic rings. The van der Waals surface area contributed by atoms with Crippen molar-refractivity contribution >= 4 is 34.7 Å². The predicted octanol–water partition coefficient (Wildman–Crippen LogP) is -3.57. The van der Waals surface area contributed by atoms with Crippen molar-refractivity contribution in [2.24, 2.45) is 5.92 Å². The van der Waals surface area contributed by atoms with Gasteiger partial charge in [0.15, 0.2) is 18.7 Å². The summed E-state index contributed by atoms with van der Waals surface area (Å²) in [6.45, 7) is 1.95. The van der Waals surface area contributed by atoms with Crippen LogP contribution >= 0.6 is 22.9 Å². The number of halogens is 1. The highest BCUT2D eigenvalue weighted by atomic mass is 127. The summed E-state index contributed by atoms with van der Waals surface area (Å²) < 4.78 is 18.2. The lowest BCUT2D eigenvalue weighted by molar-refractivity contribution is -0.331. The van der Waals surface area contributed by atoms with Crippen molar-refractivity contribution in [2.75, 3.05) is 6.61 Å². The van der Waals surface area contributed by atoms with Gasteiger partial charge in [-0.15, -0.1) is 0 Å². The minimum Gasteiger partial charge on any atom is -0.394 e. The Bertz CT molecular complexity index is 584. The second-order valence-electron chi connectivity index (χ2n) is 6.83. The summed E-state index contributed by atoms with van der Waals surface area (Å²) in [6, 6.07) is -1.29. The molecule has 2 aliphatic heterocycles. The number of carbonyl (C=O) groups is 2. The monoisotopic (exact) mass is 536 g/mol. The number of aliphatic hydroxyl groups is 5. The smallest absolute Gasteiger partial charge is 0.355 e. The lowest BCUT2D eigenvalue weighted by Gasteiger charge is -2.46. The summed E-state index contributed by atoms with van der Waals surface area (Å²) in [4.78, 5) is 28.2. The molecule has 168 valence electrons. The molecule has 0 aliphatic carbocycles. The van der Waals surface area contributed by atoms with E-state index in [1.54, 1.807) is 22.9 Å². The molecule has 0 aromatic carbocycles. The quantitative estimate of drug-likeness (QED) is 0.100. The summed E-state index contributed by atoms with van der Waals surface area (Å²) in [5.74, 6) is -2.32. The Morgan fingerprint density at radius 2 is 1.76 bits per heavy atom. The van der Waals surface area contributed by atoms with Crippen LogP contribution in [-0.4, -0.2) is 99.3 Å². The Morgan fingerprint density at radius 3 is 2.31 bits per heavy atom. The normalized spacial score (nSPS) is 42.9. The summed E-state index contributed by atoms with van der Waals surface area (Å²) in [5, 5.41) is 52.9. The fourth-order valence-corrected chi connectivity index (χ4v) is 3.49. The Balaban J connectivity index is 2.25. The maximum Gasteiger partial charge on any atom is 0.355 e. The molecular formula is C15H25IN2O11. The third kappa shape index (κ3) is 5.52. The lowest BCUT2D eigenvalue weighted by atomic mass is 9.90. The molecular weight excluding hydrogens is 511 g/mol. The van der Waals surface area contributed by atoms with Gasteiger partial charge in [-0.3, -0.25) is 4.79 Å². The van der Waals surface area contributed by atoms with Crippen LogP contribution in [0.2, 0.25) is 0 Å². The van der Waals surface area contributed by atoms with Crippen LogP contribution in [0.15, 0.2) is 0 Å². The van der Waals surface area contributed by atoms with Crippen LogP contribution < -0.4 is 9.01 Å². The van der Waals surface area contributed by atoms with E-state index in [2.05, 4.69) is 13.8 Å². The summed E-state index contributed by atoms with van der Waals surface area (Å²) in [6.07, 6.45) is -11.9. The van der Waals surface area contributed by atoms with Gasteiger partial charge in [0.25, 0.3) is 0 Å². The van der Waals surface area contributed by atoms with Gasteiger partial charge < -0.3 is 49.9 Å². The largest absolute Gasteiger partial charge is 0.394 e. The van der Waals surface area contributed by atoms with Gasteiger partial charge in [0.05, 0.1) is 35.6 Å². The molecule has 14 heteroatoms. The number of nitrogens with one attached hydrogen (secondary N) is 2. The average molecular weight is 536 g/mol. The Labute approximate surface area is 179 Å². The molecule has 2 fully saturated rings. The minimum atomic E-state index is -1.65. The Kier molecular flexibility index (Phi) is 8.95.